The van der Waals surface area contributed by atoms with E-state index in [1.54, 1.807) is 30.3 Å². The minimum Gasteiger partial charge on any atom is -0.282 e. The lowest BCUT2D eigenvalue weighted by Gasteiger charge is -2.22. The zero-order valence-corrected chi connectivity index (χ0v) is 12.2. The fourth-order valence-electron chi connectivity index (χ4n) is 1.66. The molecule has 1 aromatic carbocycles. The Bertz CT molecular complexity index is 477. The predicted octanol–water partition coefficient (Wildman–Crippen LogP) is 5.27. The van der Waals surface area contributed by atoms with Crippen LogP contribution in [0.2, 0.25) is 0 Å². The molecule has 0 bridgehead atoms. The second kappa shape index (κ2) is 7.89. The van der Waals surface area contributed by atoms with Gasteiger partial charge >= 0.3 is 12.3 Å². The van der Waals surface area contributed by atoms with E-state index in [0.717, 1.165) is 11.8 Å². The molecule has 0 spiro atoms. The molecule has 0 amide bonds. The van der Waals surface area contributed by atoms with Crippen LogP contribution in [0.4, 0.5) is 26.3 Å². The van der Waals surface area contributed by atoms with Crippen LogP contribution in [0, 0.1) is 0 Å². The molecular weight excluding hydrogens is 330 g/mol. The van der Waals surface area contributed by atoms with E-state index in [0.29, 0.717) is 5.56 Å². The van der Waals surface area contributed by atoms with Crippen LogP contribution in [0.5, 0.6) is 0 Å². The zero-order valence-electron chi connectivity index (χ0n) is 11.4. The molecule has 0 unspecified atom stereocenters. The van der Waals surface area contributed by atoms with Gasteiger partial charge in [-0.05, 0) is 6.42 Å². The highest BCUT2D eigenvalue weighted by Crippen LogP contribution is 2.37. The van der Waals surface area contributed by atoms with Crippen molar-refractivity contribution in [3.05, 3.63) is 35.9 Å². The normalized spacial score (nSPS) is 12.7. The van der Waals surface area contributed by atoms with Gasteiger partial charge in [0.1, 0.15) is 0 Å². The summed E-state index contributed by atoms with van der Waals surface area (Å²) >= 11 is 0.787. The lowest BCUT2D eigenvalue weighted by Crippen LogP contribution is -2.35. The van der Waals surface area contributed by atoms with E-state index in [9.17, 15) is 31.1 Å². The summed E-state index contributed by atoms with van der Waals surface area (Å²) in [6.45, 7) is 0. The maximum atomic E-state index is 13.2. The first-order valence-corrected chi connectivity index (χ1v) is 7.38. The number of carbonyl (C=O) groups excluding carboxylic acids is 1. The van der Waals surface area contributed by atoms with Gasteiger partial charge in [0.25, 0.3) is 5.92 Å². The first-order chi connectivity index (χ1) is 10.1. The molecule has 1 rings (SSSR count). The van der Waals surface area contributed by atoms with Crippen molar-refractivity contribution < 1.29 is 31.1 Å². The van der Waals surface area contributed by atoms with Crippen molar-refractivity contribution in [3.63, 3.8) is 0 Å². The van der Waals surface area contributed by atoms with Crippen LogP contribution in [0.15, 0.2) is 30.3 Å². The van der Waals surface area contributed by atoms with Crippen molar-refractivity contribution in [2.24, 2.45) is 0 Å². The number of carbonyl (C=O) groups is 1. The van der Waals surface area contributed by atoms with E-state index < -0.39 is 31.1 Å². The highest BCUT2D eigenvalue weighted by molar-refractivity contribution is 8.14. The Morgan fingerprint density at radius 1 is 1.09 bits per heavy atom. The molecule has 0 N–H and O–H groups in total. The Kier molecular flexibility index (Phi) is 6.77. The summed E-state index contributed by atoms with van der Waals surface area (Å²) < 4.78 is 75.4. The fraction of sp³-hybridized carbons (Fsp3) is 0.500. The van der Waals surface area contributed by atoms with Gasteiger partial charge in [0.15, 0.2) is 0 Å². The molecule has 0 heterocycles. The van der Waals surface area contributed by atoms with Gasteiger partial charge < -0.3 is 0 Å². The molecule has 0 aliphatic carbocycles. The van der Waals surface area contributed by atoms with Crippen LogP contribution in [0.1, 0.15) is 29.6 Å². The topological polar surface area (TPSA) is 17.1 Å². The minimum absolute atomic E-state index is 0.00354. The molecule has 0 atom stereocenters. The summed E-state index contributed by atoms with van der Waals surface area (Å²) in [4.78, 5) is 11.6. The van der Waals surface area contributed by atoms with E-state index in [1.807, 2.05) is 0 Å². The van der Waals surface area contributed by atoms with Crippen LogP contribution in [-0.4, -0.2) is 29.1 Å². The lowest BCUT2D eigenvalue weighted by molar-refractivity contribution is -0.180. The molecule has 0 saturated carbocycles. The van der Waals surface area contributed by atoms with E-state index in [1.165, 1.54) is 0 Å². The third-order valence-corrected chi connectivity index (χ3v) is 3.73. The van der Waals surface area contributed by atoms with Crippen molar-refractivity contribution in [3.8, 4) is 0 Å². The molecular formula is C14H14F6OS. The Balaban J connectivity index is 2.36. The zero-order chi connectivity index (χ0) is 16.8. The largest absolute Gasteiger partial charge is 0.313 e. The van der Waals surface area contributed by atoms with Gasteiger partial charge in [-0.3, -0.25) is 4.79 Å². The average Bonchev–Trinajstić information content (AvgIpc) is 2.43. The number of halogens is 6. The number of thioether (sulfide) groups is 1. The highest BCUT2D eigenvalue weighted by Gasteiger charge is 2.49. The Labute approximate surface area is 128 Å². The molecule has 1 nitrogen and oxygen atoms in total. The van der Waals surface area contributed by atoms with Crippen molar-refractivity contribution in [1.29, 1.82) is 0 Å². The summed E-state index contributed by atoms with van der Waals surface area (Å²) in [6.07, 6.45) is -7.50. The van der Waals surface area contributed by atoms with Gasteiger partial charge in [0, 0.05) is 17.7 Å². The number of hydrogen-bond donors (Lipinski definition) is 0. The molecule has 0 aliphatic heterocycles. The van der Waals surface area contributed by atoms with Gasteiger partial charge in [-0.25, -0.2) is 26.3 Å². The van der Waals surface area contributed by atoms with Crippen LogP contribution in [0.3, 0.4) is 0 Å². The van der Waals surface area contributed by atoms with E-state index >= 15 is 0 Å². The summed E-state index contributed by atoms with van der Waals surface area (Å²) in [5.41, 5.74) is 0.406. The van der Waals surface area contributed by atoms with Gasteiger partial charge in [-0.2, -0.15) is 0 Å². The monoisotopic (exact) mass is 344 g/mol. The molecule has 1 aromatic rings. The molecule has 8 heteroatoms. The van der Waals surface area contributed by atoms with Crippen LogP contribution >= 0.6 is 11.8 Å². The first kappa shape index (κ1) is 18.9. The summed E-state index contributed by atoms with van der Waals surface area (Å²) in [6, 6.07) is 8.13. The van der Waals surface area contributed by atoms with Crippen LogP contribution in [-0.2, 0) is 0 Å². The molecule has 22 heavy (non-hydrogen) atoms. The smallest absolute Gasteiger partial charge is 0.282 e. The maximum Gasteiger partial charge on any atom is 0.313 e. The first-order valence-electron chi connectivity index (χ1n) is 6.40. The highest BCUT2D eigenvalue weighted by atomic mass is 32.2. The maximum absolute atomic E-state index is 13.2. The molecule has 0 fully saturated rings. The van der Waals surface area contributed by atoms with Crippen molar-refractivity contribution >= 4 is 16.9 Å². The number of benzene rings is 1. The third kappa shape index (κ3) is 6.29. The number of alkyl halides is 6. The van der Waals surface area contributed by atoms with Gasteiger partial charge in [0.05, 0.1) is 6.42 Å². The van der Waals surface area contributed by atoms with Crippen LogP contribution < -0.4 is 0 Å². The number of rotatable bonds is 8. The van der Waals surface area contributed by atoms with Gasteiger partial charge in [-0.15, -0.1) is 0 Å². The average molecular weight is 344 g/mol. The third-order valence-electron chi connectivity index (χ3n) is 2.74. The standard InChI is InChI=1S/C14H14F6OS/c15-12(16)14(19,20)9-13(17,18)7-4-8-22-11(21)10-5-2-1-3-6-10/h1-3,5-6,12H,4,7-9H2. The molecule has 0 radical (unpaired) electrons. The summed E-state index contributed by atoms with van der Waals surface area (Å²) in [7, 11) is 0. The van der Waals surface area contributed by atoms with E-state index in [2.05, 4.69) is 0 Å². The molecule has 124 valence electrons. The Morgan fingerprint density at radius 3 is 2.23 bits per heavy atom. The van der Waals surface area contributed by atoms with Crippen molar-refractivity contribution in [2.75, 3.05) is 5.75 Å². The Morgan fingerprint density at radius 2 is 1.68 bits per heavy atom. The predicted molar refractivity (Wildman–Crippen MR) is 73.0 cm³/mol. The Hall–Kier alpha value is -1.18. The number of hydrogen-bond acceptors (Lipinski definition) is 2. The lowest BCUT2D eigenvalue weighted by atomic mass is 10.1. The van der Waals surface area contributed by atoms with Crippen LogP contribution in [0.25, 0.3) is 0 Å². The van der Waals surface area contributed by atoms with E-state index in [4.69, 9.17) is 0 Å². The van der Waals surface area contributed by atoms with E-state index in [-0.39, 0.29) is 17.3 Å². The minimum atomic E-state index is -4.71. The SMILES string of the molecule is O=C(SCCCC(F)(F)CC(F)(F)C(F)F)c1ccccc1. The molecule has 0 aliphatic rings. The molecule has 0 aromatic heterocycles. The molecule has 0 saturated heterocycles. The van der Waals surface area contributed by atoms with Gasteiger partial charge in [-0.1, -0.05) is 42.1 Å². The second-order valence-electron chi connectivity index (χ2n) is 4.70. The summed E-state index contributed by atoms with van der Waals surface area (Å²) in [5.74, 6) is -8.60. The van der Waals surface area contributed by atoms with Crippen molar-refractivity contribution in [2.45, 2.75) is 37.5 Å². The fourth-order valence-corrected chi connectivity index (χ4v) is 2.44. The second-order valence-corrected chi connectivity index (χ2v) is 5.77. The van der Waals surface area contributed by atoms with Crippen molar-refractivity contribution in [1.82, 2.24) is 0 Å². The summed E-state index contributed by atoms with van der Waals surface area (Å²) in [5, 5.41) is -0.318. The quantitative estimate of drug-likeness (QED) is 0.472. The van der Waals surface area contributed by atoms with Gasteiger partial charge in [0.2, 0.25) is 5.12 Å².